The first-order valence-corrected chi connectivity index (χ1v) is 48.3. The molecular formula is C84H148N8O33P2-2. The SMILES string of the molecule is CC(=O)N[C@H]1[C@H](OCCCCC(=O)CCCCCCC(=O)N2CCC(CO)(COP(=O)([O-])OCC3(COP(=O)([O-])OCC4(COC(C)(C)C)CCN(C(=O)CCCCCNC(=O)CCCCO[C@@H]5O[C@H](CO)[C@H](O)[C@H](O)[C@H]5NC(C)=O)CC4)CCN(C(=O)CCCCCNC(=O)CCCCO[C@@H]4O[C@H](CO)[C@H](O)[C@H](O)[C@H]4NC(C)=O)CC3)CC2)O[C@H](CO)[C@H](C)[C@@H]1O. The average molecular weight is 1860 g/mol. The van der Waals surface area contributed by atoms with Crippen LogP contribution in [0.4, 0.5) is 0 Å². The summed E-state index contributed by atoms with van der Waals surface area (Å²) in [4.78, 5) is 147. The normalized spacial score (nSPS) is 27.0. The van der Waals surface area contributed by atoms with Crippen LogP contribution in [-0.2, 0) is 104 Å². The van der Waals surface area contributed by atoms with E-state index in [-0.39, 0.29) is 178 Å². The lowest BCUT2D eigenvalue weighted by Crippen LogP contribution is -2.64. The first-order chi connectivity index (χ1) is 60.2. The maximum Gasteiger partial charge on any atom is 0.267 e. The fourth-order valence-electron chi connectivity index (χ4n) is 16.2. The summed E-state index contributed by atoms with van der Waals surface area (Å²) in [6, 6.07) is -2.99. The molecule has 2 unspecified atom stereocenters. The van der Waals surface area contributed by atoms with Crippen LogP contribution >= 0.6 is 15.6 Å². The Hall–Kier alpha value is -4.99. The molecular weight excluding hydrogens is 1710 g/mol. The van der Waals surface area contributed by atoms with Crippen molar-refractivity contribution >= 4 is 68.7 Å². The second-order valence-electron chi connectivity index (χ2n) is 36.1. The van der Waals surface area contributed by atoms with Crippen LogP contribution in [0.3, 0.4) is 0 Å². The predicted octanol–water partition coefficient (Wildman–Crippen LogP) is 0.553. The quantitative estimate of drug-likeness (QED) is 0.0292. The number of piperidine rings is 3. The standard InChI is InChI=1S/C84H150N8O33P2/c1-57-62(48-93)123-78(70(73(57)106)87-58(2)97)115-45-21-16-25-61(100)24-12-8-9-13-28-67(103)90-39-31-82(51-96,32-40-90)53-119-126(111,112)121-55-84(35-43-92(44-36-84)69(105)30-15-11-20-38-86-66(102)27-18-23-47-117-80-72(89-60(4)99)77(110)75(108)64(50-95)125-80)56-122-127(113,114)120-54-83(52-118-81(5,6)7)33-41-91(42-34-83)68(104)29-14-10-19-37-85-65(101)26-17-22-46-116-79-71(88-59(3)98)76(109)74(107)63(49-94)124-79/h57,62-64,70-80,93-96,106-110H,8-56H2,1-7H3,(H,85,101)(H,86,102)(H,87,97)(H,88,98)(H,89,99)(H,111,112)(H,113,114)/p-2/t57-,62+,63+,64+,70+,71+,72+,73-,74-,75-,76+,77+,78+,79+,80+/m0/s1. The summed E-state index contributed by atoms with van der Waals surface area (Å²) in [7, 11) is -10.5. The number of rotatable bonds is 58. The Morgan fingerprint density at radius 2 is 0.701 bits per heavy atom. The van der Waals surface area contributed by atoms with Gasteiger partial charge in [0.05, 0.1) is 77.3 Å². The molecule has 0 aromatic rings. The Morgan fingerprint density at radius 3 is 1.04 bits per heavy atom. The maximum absolute atomic E-state index is 14.1. The number of ether oxygens (including phenoxy) is 7. The summed E-state index contributed by atoms with van der Waals surface area (Å²) in [6.07, 6.45) is -1.38. The highest BCUT2D eigenvalue weighted by molar-refractivity contribution is 7.46. The van der Waals surface area contributed by atoms with E-state index < -0.39 is 181 Å². The first kappa shape index (κ1) is 111. The van der Waals surface area contributed by atoms with E-state index >= 15 is 0 Å². The highest BCUT2D eigenvalue weighted by Gasteiger charge is 2.49. The lowest BCUT2D eigenvalue weighted by Gasteiger charge is -2.45. The Labute approximate surface area is 746 Å². The van der Waals surface area contributed by atoms with Gasteiger partial charge >= 0.3 is 0 Å². The second-order valence-corrected chi connectivity index (χ2v) is 38.9. The summed E-state index contributed by atoms with van der Waals surface area (Å²) in [5.74, 6) is -2.50. The highest BCUT2D eigenvalue weighted by atomic mass is 31.2. The number of nitrogens with one attached hydrogen (secondary N) is 5. The summed E-state index contributed by atoms with van der Waals surface area (Å²) < 4.78 is 90.9. The van der Waals surface area contributed by atoms with Crippen LogP contribution in [0.2, 0.25) is 0 Å². The van der Waals surface area contributed by atoms with Crippen LogP contribution in [-0.4, -0.2) is 337 Å². The van der Waals surface area contributed by atoms with Crippen molar-refractivity contribution < 1.29 is 159 Å². The molecule has 6 aliphatic heterocycles. The van der Waals surface area contributed by atoms with Gasteiger partial charge < -0.3 is 148 Å². The lowest BCUT2D eigenvalue weighted by atomic mass is 9.79. The number of phosphoric ester groups is 2. The smallest absolute Gasteiger partial charge is 0.267 e. The molecule has 17 atom stereocenters. The van der Waals surface area contributed by atoms with Gasteiger partial charge in [-0.15, -0.1) is 0 Å². The van der Waals surface area contributed by atoms with Gasteiger partial charge in [0, 0.05) is 160 Å². The third-order valence-electron chi connectivity index (χ3n) is 24.6. The fraction of sp³-hybridized carbons (Fsp3) is 0.893. The van der Waals surface area contributed by atoms with Crippen molar-refractivity contribution in [1.29, 1.82) is 0 Å². The zero-order valence-electron chi connectivity index (χ0n) is 75.4. The molecule has 6 saturated heterocycles. The molecule has 734 valence electrons. The van der Waals surface area contributed by atoms with Crippen molar-refractivity contribution in [2.45, 2.75) is 326 Å². The third-order valence-corrected chi connectivity index (χ3v) is 26.4. The lowest BCUT2D eigenvalue weighted by molar-refractivity contribution is -0.270. The van der Waals surface area contributed by atoms with E-state index in [0.717, 1.165) is 6.42 Å². The van der Waals surface area contributed by atoms with Crippen LogP contribution in [0.15, 0.2) is 0 Å². The number of aliphatic hydroxyl groups excluding tert-OH is 9. The van der Waals surface area contributed by atoms with Crippen molar-refractivity contribution in [3.8, 4) is 0 Å². The van der Waals surface area contributed by atoms with Crippen LogP contribution < -0.4 is 36.4 Å². The summed E-state index contributed by atoms with van der Waals surface area (Å²) in [5, 5.41) is 105. The minimum atomic E-state index is -5.23. The Morgan fingerprint density at radius 1 is 0.402 bits per heavy atom. The number of amides is 8. The zero-order valence-corrected chi connectivity index (χ0v) is 77.2. The number of carbonyl (C=O) groups is 9. The molecule has 0 saturated carbocycles. The Balaban J connectivity index is 0.944. The highest BCUT2D eigenvalue weighted by Crippen LogP contribution is 2.50. The number of phosphoric acid groups is 2. The van der Waals surface area contributed by atoms with Gasteiger partial charge in [0.1, 0.15) is 60.5 Å². The Kier molecular flexibility index (Phi) is 48.5. The molecule has 0 spiro atoms. The van der Waals surface area contributed by atoms with Crippen LogP contribution in [0.25, 0.3) is 0 Å². The van der Waals surface area contributed by atoms with E-state index in [1.807, 2.05) is 20.8 Å². The van der Waals surface area contributed by atoms with Crippen molar-refractivity contribution in [3.63, 3.8) is 0 Å². The monoisotopic (exact) mass is 1860 g/mol. The van der Waals surface area contributed by atoms with E-state index in [4.69, 9.17) is 51.3 Å². The molecule has 6 rings (SSSR count). The van der Waals surface area contributed by atoms with Crippen LogP contribution in [0.1, 0.15) is 235 Å². The van der Waals surface area contributed by atoms with Gasteiger partial charge in [0.25, 0.3) is 15.6 Å². The average Bonchev–Trinajstić information content (AvgIpc) is 0.817. The van der Waals surface area contributed by atoms with Gasteiger partial charge in [-0.2, -0.15) is 0 Å². The number of hydrogen-bond acceptors (Lipinski definition) is 33. The van der Waals surface area contributed by atoms with E-state index in [1.54, 1.807) is 21.6 Å². The minimum absolute atomic E-state index is 0.0215. The number of unbranched alkanes of at least 4 members (excludes halogenated alkanes) is 10. The zero-order chi connectivity index (χ0) is 93.6. The number of nitrogens with zero attached hydrogens (tertiary/aromatic N) is 3. The van der Waals surface area contributed by atoms with E-state index in [0.29, 0.717) is 135 Å². The van der Waals surface area contributed by atoms with Crippen LogP contribution in [0.5, 0.6) is 0 Å². The molecule has 6 aliphatic rings. The van der Waals surface area contributed by atoms with Gasteiger partial charge in [0.15, 0.2) is 18.9 Å². The molecule has 6 fully saturated rings. The number of hydrogen-bond donors (Lipinski definition) is 14. The van der Waals surface area contributed by atoms with Gasteiger partial charge in [-0.05, 0) is 136 Å². The maximum atomic E-state index is 14.1. The molecule has 0 bridgehead atoms. The molecule has 14 N–H and O–H groups in total. The van der Waals surface area contributed by atoms with Gasteiger partial charge in [-0.25, -0.2) is 0 Å². The third kappa shape index (κ3) is 38.9. The summed E-state index contributed by atoms with van der Waals surface area (Å²) in [5.41, 5.74) is -3.96. The molecule has 0 aliphatic carbocycles. The van der Waals surface area contributed by atoms with Crippen molar-refractivity contribution in [2.24, 2.45) is 22.2 Å². The van der Waals surface area contributed by atoms with Gasteiger partial charge in [0.2, 0.25) is 47.3 Å². The fourth-order valence-corrected chi connectivity index (χ4v) is 18.1. The Bertz CT molecular complexity index is 3440. The number of carbonyl (C=O) groups excluding carboxylic acids is 9. The number of Topliss-reactive ketones (excluding diaryl/α,β-unsaturated/α-hetero) is 1. The predicted molar refractivity (Wildman–Crippen MR) is 451 cm³/mol. The molecule has 0 aromatic heterocycles. The molecule has 6 heterocycles. The van der Waals surface area contributed by atoms with E-state index in [2.05, 4.69) is 26.6 Å². The molecule has 0 radical (unpaired) electrons. The van der Waals surface area contributed by atoms with Gasteiger partial charge in [-0.3, -0.25) is 52.3 Å². The summed E-state index contributed by atoms with van der Waals surface area (Å²) >= 11 is 0. The first-order valence-electron chi connectivity index (χ1n) is 45.4. The van der Waals surface area contributed by atoms with Crippen LogP contribution in [0, 0.1) is 22.2 Å². The van der Waals surface area contributed by atoms with Crippen molar-refractivity contribution in [2.75, 3.05) is 132 Å². The minimum Gasteiger partial charge on any atom is -0.756 e. The number of aliphatic hydroxyl groups is 9. The van der Waals surface area contributed by atoms with Gasteiger partial charge in [-0.1, -0.05) is 32.6 Å². The van der Waals surface area contributed by atoms with E-state index in [9.17, 15) is 108 Å². The number of ketones is 1. The molecule has 127 heavy (non-hydrogen) atoms. The van der Waals surface area contributed by atoms with Crippen molar-refractivity contribution in [1.82, 2.24) is 41.3 Å². The molecule has 8 amide bonds. The van der Waals surface area contributed by atoms with Crippen molar-refractivity contribution in [3.05, 3.63) is 0 Å². The second kappa shape index (κ2) is 55.6. The van der Waals surface area contributed by atoms with E-state index in [1.165, 1.54) is 20.8 Å². The number of likely N-dealkylation sites (tertiary alicyclic amines) is 3. The molecule has 41 nitrogen and oxygen atoms in total. The largest absolute Gasteiger partial charge is 0.756 e. The topological polar surface area (TPSA) is 587 Å². The summed E-state index contributed by atoms with van der Waals surface area (Å²) in [6.45, 7) is 9.24. The molecule has 0 aromatic carbocycles. The molecule has 43 heteroatoms.